The Hall–Kier alpha value is -4.42. The largest absolute Gasteiger partial charge is 0.489 e. The van der Waals surface area contributed by atoms with Gasteiger partial charge in [-0.05, 0) is 24.1 Å². The predicted octanol–water partition coefficient (Wildman–Crippen LogP) is 0.367. The molecule has 1 aromatic carbocycles. The van der Waals surface area contributed by atoms with E-state index in [1.807, 2.05) is 37.5 Å². The van der Waals surface area contributed by atoms with Gasteiger partial charge in [-0.3, -0.25) is 14.3 Å². The molecule has 12 nitrogen and oxygen atoms in total. The van der Waals surface area contributed by atoms with E-state index < -0.39 is 6.10 Å². The molecule has 2 atom stereocenters. The zero-order valence-electron chi connectivity index (χ0n) is 20.8. The Morgan fingerprint density at radius 3 is 2.76 bits per heavy atom. The molecule has 3 aromatic heterocycles. The Kier molecular flexibility index (Phi) is 7.52. The van der Waals surface area contributed by atoms with Crippen molar-refractivity contribution >= 4 is 5.91 Å². The Bertz CT molecular complexity index is 1470. The molecule has 3 N–H and O–H groups in total. The number of nitrogens with one attached hydrogen (secondary N) is 2. The lowest BCUT2D eigenvalue weighted by Gasteiger charge is -2.11. The fourth-order valence-corrected chi connectivity index (χ4v) is 4.17. The van der Waals surface area contributed by atoms with Crippen molar-refractivity contribution in [1.29, 1.82) is 0 Å². The van der Waals surface area contributed by atoms with Crippen molar-refractivity contribution in [1.82, 2.24) is 40.2 Å². The molecule has 4 aromatic rings. The standard InChI is InChI=1S/C26H28N8O4/c1-33-16-19(11-31-33)22-5-6-24(36)34(32-22)15-17-3-2-4-18(9-17)25-29-13-21(14-30-25)38-8-7-27-26(37)23-10-20(35)12-28-23/h2-6,9,11,13-14,16,20,23,28,35H,7-8,10,12,15H2,1H3,(H,27,37). The molecule has 0 aliphatic carbocycles. The normalized spacial score (nSPS) is 16.9. The molecule has 12 heteroatoms. The Morgan fingerprint density at radius 2 is 2.03 bits per heavy atom. The first-order chi connectivity index (χ1) is 18.4. The van der Waals surface area contributed by atoms with Crippen LogP contribution in [0.5, 0.6) is 5.75 Å². The van der Waals surface area contributed by atoms with Gasteiger partial charge in [-0.2, -0.15) is 10.2 Å². The molecule has 1 amide bonds. The fraction of sp³-hybridized carbons (Fsp3) is 0.308. The number of β-amino-alcohol motifs (C(OH)–C–C–N with tert-alkyl or cyclic N) is 1. The molecule has 5 rings (SSSR count). The van der Waals surface area contributed by atoms with Gasteiger partial charge in [0, 0.05) is 37.0 Å². The monoisotopic (exact) mass is 516 g/mol. The van der Waals surface area contributed by atoms with Crippen LogP contribution in [0.25, 0.3) is 22.6 Å². The molecule has 4 heterocycles. The number of carbonyl (C=O) groups excluding carboxylic acids is 1. The summed E-state index contributed by atoms with van der Waals surface area (Å²) in [5, 5.41) is 23.9. The molecule has 38 heavy (non-hydrogen) atoms. The molecule has 1 fully saturated rings. The lowest BCUT2D eigenvalue weighted by Crippen LogP contribution is -2.41. The van der Waals surface area contributed by atoms with E-state index in [1.165, 1.54) is 10.7 Å². The van der Waals surface area contributed by atoms with Crippen molar-refractivity contribution in [3.63, 3.8) is 0 Å². The van der Waals surface area contributed by atoms with Crippen LogP contribution in [0.3, 0.4) is 0 Å². The van der Waals surface area contributed by atoms with Crippen LogP contribution in [-0.2, 0) is 18.4 Å². The van der Waals surface area contributed by atoms with E-state index in [-0.39, 0.29) is 24.1 Å². The van der Waals surface area contributed by atoms with Gasteiger partial charge in [0.1, 0.15) is 6.61 Å². The molecular weight excluding hydrogens is 488 g/mol. The van der Waals surface area contributed by atoms with Crippen LogP contribution in [0.1, 0.15) is 12.0 Å². The number of aliphatic hydroxyl groups is 1. The summed E-state index contributed by atoms with van der Waals surface area (Å²) in [7, 11) is 1.83. The SMILES string of the molecule is Cn1cc(-c2ccc(=O)n(Cc3cccc(-c4ncc(OCCNC(=O)C5CC(O)CN5)cn4)c3)n2)cn1. The van der Waals surface area contributed by atoms with Gasteiger partial charge in [-0.1, -0.05) is 18.2 Å². The first-order valence-electron chi connectivity index (χ1n) is 12.2. The minimum atomic E-state index is -0.485. The molecule has 0 spiro atoms. The second kappa shape index (κ2) is 11.3. The number of aryl methyl sites for hydroxylation is 1. The number of amides is 1. The zero-order chi connectivity index (χ0) is 26.5. The minimum absolute atomic E-state index is 0.155. The molecule has 1 aliphatic heterocycles. The van der Waals surface area contributed by atoms with Crippen LogP contribution < -0.4 is 20.9 Å². The first kappa shape index (κ1) is 25.2. The van der Waals surface area contributed by atoms with Crippen molar-refractivity contribution in [3.05, 3.63) is 77.1 Å². The Balaban J connectivity index is 1.18. The first-order valence-corrected chi connectivity index (χ1v) is 12.2. The number of carbonyl (C=O) groups is 1. The second-order valence-electron chi connectivity index (χ2n) is 9.05. The number of aromatic nitrogens is 6. The topological polar surface area (TPSA) is 149 Å². The lowest BCUT2D eigenvalue weighted by atomic mass is 10.1. The van der Waals surface area contributed by atoms with Gasteiger partial charge in [0.15, 0.2) is 11.6 Å². The second-order valence-corrected chi connectivity index (χ2v) is 9.05. The molecular formula is C26H28N8O4. The Morgan fingerprint density at radius 1 is 1.18 bits per heavy atom. The van der Waals surface area contributed by atoms with Crippen molar-refractivity contribution in [2.75, 3.05) is 19.7 Å². The van der Waals surface area contributed by atoms with Gasteiger partial charge in [0.05, 0.1) is 49.5 Å². The molecule has 0 radical (unpaired) electrons. The molecule has 0 saturated carbocycles. The van der Waals surface area contributed by atoms with E-state index in [9.17, 15) is 14.7 Å². The van der Waals surface area contributed by atoms with E-state index in [2.05, 4.69) is 30.8 Å². The highest BCUT2D eigenvalue weighted by atomic mass is 16.5. The highest BCUT2D eigenvalue weighted by molar-refractivity contribution is 5.82. The quantitative estimate of drug-likeness (QED) is 0.268. The van der Waals surface area contributed by atoms with Crippen molar-refractivity contribution in [2.45, 2.75) is 25.1 Å². The van der Waals surface area contributed by atoms with Gasteiger partial charge in [-0.25, -0.2) is 14.6 Å². The summed E-state index contributed by atoms with van der Waals surface area (Å²) >= 11 is 0. The van der Waals surface area contributed by atoms with E-state index in [0.717, 1.165) is 16.7 Å². The van der Waals surface area contributed by atoms with Crippen LogP contribution in [0.2, 0.25) is 0 Å². The summed E-state index contributed by atoms with van der Waals surface area (Å²) < 4.78 is 8.74. The third-order valence-corrected chi connectivity index (χ3v) is 6.11. The maximum atomic E-state index is 12.4. The van der Waals surface area contributed by atoms with Crippen LogP contribution in [-0.4, -0.2) is 72.4 Å². The third kappa shape index (κ3) is 6.10. The number of aliphatic hydroxyl groups excluding tert-OH is 1. The van der Waals surface area contributed by atoms with Crippen LogP contribution in [0, 0.1) is 0 Å². The summed E-state index contributed by atoms with van der Waals surface area (Å²) in [6, 6.07) is 10.4. The summed E-state index contributed by atoms with van der Waals surface area (Å²) in [5.41, 5.74) is 2.97. The van der Waals surface area contributed by atoms with Gasteiger partial charge in [-0.15, -0.1) is 0 Å². The molecule has 196 valence electrons. The van der Waals surface area contributed by atoms with Crippen molar-refractivity contribution in [2.24, 2.45) is 7.05 Å². The summed E-state index contributed by atoms with van der Waals surface area (Å²) in [4.78, 5) is 33.3. The molecule has 2 unspecified atom stereocenters. The third-order valence-electron chi connectivity index (χ3n) is 6.11. The number of hydrogen-bond acceptors (Lipinski definition) is 9. The maximum absolute atomic E-state index is 12.4. The highest BCUT2D eigenvalue weighted by Crippen LogP contribution is 2.19. The lowest BCUT2D eigenvalue weighted by molar-refractivity contribution is -0.123. The average molecular weight is 517 g/mol. The Labute approximate surface area is 218 Å². The number of nitrogens with zero attached hydrogens (tertiary/aromatic N) is 6. The summed E-state index contributed by atoms with van der Waals surface area (Å²) in [5.74, 6) is 0.845. The van der Waals surface area contributed by atoms with Gasteiger partial charge >= 0.3 is 0 Å². The van der Waals surface area contributed by atoms with E-state index >= 15 is 0 Å². The maximum Gasteiger partial charge on any atom is 0.267 e. The predicted molar refractivity (Wildman–Crippen MR) is 138 cm³/mol. The number of rotatable bonds is 9. The van der Waals surface area contributed by atoms with Crippen molar-refractivity contribution in [3.8, 4) is 28.4 Å². The fourth-order valence-electron chi connectivity index (χ4n) is 4.17. The number of benzene rings is 1. The molecule has 0 bridgehead atoms. The van der Waals surface area contributed by atoms with E-state index in [0.29, 0.717) is 43.3 Å². The number of hydrogen-bond donors (Lipinski definition) is 3. The zero-order valence-corrected chi connectivity index (χ0v) is 20.8. The van der Waals surface area contributed by atoms with Crippen LogP contribution >= 0.6 is 0 Å². The van der Waals surface area contributed by atoms with Gasteiger partial charge < -0.3 is 20.5 Å². The smallest absolute Gasteiger partial charge is 0.267 e. The van der Waals surface area contributed by atoms with Gasteiger partial charge in [0.25, 0.3) is 5.56 Å². The summed E-state index contributed by atoms with van der Waals surface area (Å²) in [6.45, 7) is 1.31. The van der Waals surface area contributed by atoms with Gasteiger partial charge in [0.2, 0.25) is 5.91 Å². The minimum Gasteiger partial charge on any atom is -0.489 e. The molecule has 1 saturated heterocycles. The summed E-state index contributed by atoms with van der Waals surface area (Å²) in [6.07, 6.45) is 6.64. The van der Waals surface area contributed by atoms with Crippen molar-refractivity contribution < 1.29 is 14.6 Å². The highest BCUT2D eigenvalue weighted by Gasteiger charge is 2.27. The van der Waals surface area contributed by atoms with Crippen LogP contribution in [0.15, 0.2) is 66.0 Å². The molecule has 1 aliphatic rings. The number of ether oxygens (including phenoxy) is 1. The van der Waals surface area contributed by atoms with Crippen LogP contribution in [0.4, 0.5) is 0 Å². The van der Waals surface area contributed by atoms with E-state index in [4.69, 9.17) is 4.74 Å². The average Bonchev–Trinajstić information content (AvgIpc) is 3.56. The van der Waals surface area contributed by atoms with E-state index in [1.54, 1.807) is 29.3 Å².